The average Bonchev–Trinajstić information content (AvgIpc) is 3.34. The molecule has 126 valence electrons. The largest absolute Gasteiger partial charge is 0.382 e. The topological polar surface area (TPSA) is 73.1 Å². The van der Waals surface area contributed by atoms with E-state index in [2.05, 4.69) is 15.3 Å². The predicted molar refractivity (Wildman–Crippen MR) is 86.3 cm³/mol. The van der Waals surface area contributed by atoms with Crippen molar-refractivity contribution in [1.29, 1.82) is 0 Å². The summed E-state index contributed by atoms with van der Waals surface area (Å²) < 4.78 is 7.39. The zero-order valence-corrected chi connectivity index (χ0v) is 13.8. The smallest absolute Gasteiger partial charge is 0.273 e. The molecule has 3 heterocycles. The summed E-state index contributed by atoms with van der Waals surface area (Å²) in [5, 5.41) is 8.72. The molecule has 0 unspecified atom stereocenters. The monoisotopic (exact) mass is 327 g/mol. The fraction of sp³-hybridized carbons (Fsp3) is 0.529. The molecule has 1 fully saturated rings. The van der Waals surface area contributed by atoms with Crippen LogP contribution >= 0.6 is 0 Å². The van der Waals surface area contributed by atoms with Gasteiger partial charge in [-0.05, 0) is 30.9 Å². The number of methoxy groups -OCH3 is 1. The molecule has 7 heteroatoms. The minimum atomic E-state index is -0.207. The van der Waals surface area contributed by atoms with Gasteiger partial charge in [0.15, 0.2) is 0 Å². The van der Waals surface area contributed by atoms with Crippen LogP contribution in [0, 0.1) is 5.92 Å². The van der Waals surface area contributed by atoms with Gasteiger partial charge in [-0.2, -0.15) is 0 Å². The number of carbonyl (C=O) groups excluding carboxylic acids is 1. The Bertz CT molecular complexity index is 726. The number of carbonyl (C=O) groups is 1. The molecule has 0 spiro atoms. The van der Waals surface area contributed by atoms with E-state index >= 15 is 0 Å². The summed E-state index contributed by atoms with van der Waals surface area (Å²) in [6.07, 6.45) is 4.97. The van der Waals surface area contributed by atoms with E-state index in [1.165, 1.54) is 12.8 Å². The first kappa shape index (κ1) is 15.3. The van der Waals surface area contributed by atoms with E-state index in [0.29, 0.717) is 18.8 Å². The highest BCUT2D eigenvalue weighted by Crippen LogP contribution is 2.33. The number of rotatable bonds is 5. The maximum Gasteiger partial charge on any atom is 0.273 e. The number of hydrogen-bond donors (Lipinski definition) is 0. The summed E-state index contributed by atoms with van der Waals surface area (Å²) in [7, 11) is 1.65. The molecule has 0 radical (unpaired) electrons. The number of fused-ring (bicyclic) bond motifs is 1. The Labute approximate surface area is 140 Å². The van der Waals surface area contributed by atoms with Crippen molar-refractivity contribution in [1.82, 2.24) is 24.9 Å². The molecule has 2 aliphatic rings. The van der Waals surface area contributed by atoms with Gasteiger partial charge in [0.25, 0.3) is 5.91 Å². The lowest BCUT2D eigenvalue weighted by atomic mass is 10.0. The second-order valence-corrected chi connectivity index (χ2v) is 6.48. The van der Waals surface area contributed by atoms with Crippen LogP contribution in [0.15, 0.2) is 24.4 Å². The van der Waals surface area contributed by atoms with Crippen LogP contribution in [0.5, 0.6) is 0 Å². The third-order valence-electron chi connectivity index (χ3n) is 4.75. The third-order valence-corrected chi connectivity index (χ3v) is 4.75. The molecular weight excluding hydrogens is 306 g/mol. The summed E-state index contributed by atoms with van der Waals surface area (Å²) in [6.45, 7) is 1.98. The predicted octanol–water partition coefficient (Wildman–Crippen LogP) is 1.47. The molecule has 7 nitrogen and oxygen atoms in total. The summed E-state index contributed by atoms with van der Waals surface area (Å²) in [5.74, 6) is 0.657. The Morgan fingerprint density at radius 1 is 1.38 bits per heavy atom. The van der Waals surface area contributed by atoms with E-state index in [1.807, 2.05) is 15.6 Å². The fourth-order valence-electron chi connectivity index (χ4n) is 3.29. The molecule has 1 amide bonds. The van der Waals surface area contributed by atoms with Crippen molar-refractivity contribution < 1.29 is 9.53 Å². The Hall–Kier alpha value is -2.28. The van der Waals surface area contributed by atoms with Gasteiger partial charge in [0.1, 0.15) is 17.4 Å². The van der Waals surface area contributed by atoms with E-state index in [1.54, 1.807) is 25.4 Å². The number of nitrogens with zero attached hydrogens (tertiary/aromatic N) is 5. The molecular formula is C17H21N5O2. The highest BCUT2D eigenvalue weighted by molar-refractivity contribution is 5.92. The van der Waals surface area contributed by atoms with Crippen LogP contribution in [0.2, 0.25) is 0 Å². The Balaban J connectivity index is 1.62. The molecule has 2 aromatic heterocycles. The molecule has 0 bridgehead atoms. The second kappa shape index (κ2) is 6.32. The van der Waals surface area contributed by atoms with Gasteiger partial charge in [-0.15, -0.1) is 5.10 Å². The van der Waals surface area contributed by atoms with Crippen molar-refractivity contribution in [3.05, 3.63) is 41.5 Å². The number of pyridine rings is 1. The molecule has 24 heavy (non-hydrogen) atoms. The Morgan fingerprint density at radius 2 is 2.25 bits per heavy atom. The van der Waals surface area contributed by atoms with Crippen molar-refractivity contribution in [2.75, 3.05) is 20.3 Å². The quantitative estimate of drug-likeness (QED) is 0.831. The summed E-state index contributed by atoms with van der Waals surface area (Å²) in [5.41, 5.74) is 2.47. The molecule has 2 aromatic rings. The van der Waals surface area contributed by atoms with Crippen molar-refractivity contribution >= 4 is 5.91 Å². The lowest BCUT2D eigenvalue weighted by Crippen LogP contribution is -2.42. The van der Waals surface area contributed by atoms with Crippen LogP contribution in [-0.2, 0) is 17.7 Å². The van der Waals surface area contributed by atoms with E-state index in [4.69, 9.17) is 4.74 Å². The van der Waals surface area contributed by atoms with Crippen LogP contribution in [-0.4, -0.2) is 51.0 Å². The lowest BCUT2D eigenvalue weighted by molar-refractivity contribution is 0.0485. The number of ether oxygens (including phenoxy) is 1. The molecule has 0 aromatic carbocycles. The van der Waals surface area contributed by atoms with Crippen molar-refractivity contribution in [2.24, 2.45) is 5.92 Å². The van der Waals surface area contributed by atoms with E-state index < -0.39 is 0 Å². The summed E-state index contributed by atoms with van der Waals surface area (Å²) >= 11 is 0. The van der Waals surface area contributed by atoms with Gasteiger partial charge < -0.3 is 9.64 Å². The van der Waals surface area contributed by atoms with Crippen LogP contribution in [0.1, 0.15) is 40.8 Å². The average molecular weight is 327 g/mol. The highest BCUT2D eigenvalue weighted by Gasteiger charge is 2.36. The molecule has 1 aliphatic heterocycles. The van der Waals surface area contributed by atoms with Crippen molar-refractivity contribution in [3.63, 3.8) is 0 Å². The first-order valence-electron chi connectivity index (χ1n) is 8.41. The maximum atomic E-state index is 12.8. The van der Waals surface area contributed by atoms with Crippen LogP contribution in [0.25, 0.3) is 0 Å². The summed E-state index contributed by atoms with van der Waals surface area (Å²) in [4.78, 5) is 18.8. The lowest BCUT2D eigenvalue weighted by Gasteiger charge is -2.34. The minimum Gasteiger partial charge on any atom is -0.382 e. The highest BCUT2D eigenvalue weighted by atomic mass is 16.5. The molecule has 0 saturated heterocycles. The Morgan fingerprint density at radius 3 is 2.96 bits per heavy atom. The van der Waals surface area contributed by atoms with Crippen LogP contribution < -0.4 is 0 Å². The first-order valence-corrected chi connectivity index (χ1v) is 8.41. The SMILES string of the molecule is COC[C@H]1c2nnn(CC3CC3)c2CCN1C(=O)c1ccccn1. The van der Waals surface area contributed by atoms with Gasteiger partial charge >= 0.3 is 0 Å². The zero-order chi connectivity index (χ0) is 16.5. The van der Waals surface area contributed by atoms with Gasteiger partial charge in [-0.3, -0.25) is 9.78 Å². The molecule has 0 N–H and O–H groups in total. The molecule has 4 rings (SSSR count). The van der Waals surface area contributed by atoms with Crippen molar-refractivity contribution in [2.45, 2.75) is 31.8 Å². The third kappa shape index (κ3) is 2.80. The van der Waals surface area contributed by atoms with E-state index in [9.17, 15) is 4.79 Å². The molecule has 1 atom stereocenters. The number of aromatic nitrogens is 4. The second-order valence-electron chi connectivity index (χ2n) is 6.48. The normalized spacial score (nSPS) is 20.0. The van der Waals surface area contributed by atoms with Gasteiger partial charge in [-0.25, -0.2) is 4.68 Å². The first-order chi connectivity index (χ1) is 11.8. The van der Waals surface area contributed by atoms with Gasteiger partial charge in [0.05, 0.1) is 12.3 Å². The van der Waals surface area contributed by atoms with E-state index in [0.717, 1.165) is 30.3 Å². The Kier molecular flexibility index (Phi) is 4.02. The van der Waals surface area contributed by atoms with Crippen LogP contribution in [0.4, 0.5) is 0 Å². The standard InChI is InChI=1S/C17H21N5O2/c1-24-11-15-16-14(22(20-19-16)10-12-5-6-12)7-9-21(15)17(23)13-4-2-3-8-18-13/h2-4,8,12,15H,5-7,9-11H2,1H3/t15-/m0/s1. The fourth-order valence-corrected chi connectivity index (χ4v) is 3.29. The molecule has 1 saturated carbocycles. The maximum absolute atomic E-state index is 12.8. The zero-order valence-electron chi connectivity index (χ0n) is 13.8. The molecule has 1 aliphatic carbocycles. The minimum absolute atomic E-state index is 0.0833. The van der Waals surface area contributed by atoms with Crippen molar-refractivity contribution in [3.8, 4) is 0 Å². The number of amides is 1. The van der Waals surface area contributed by atoms with Gasteiger partial charge in [0.2, 0.25) is 0 Å². The summed E-state index contributed by atoms with van der Waals surface area (Å²) in [6, 6.07) is 5.17. The van der Waals surface area contributed by atoms with Gasteiger partial charge in [0, 0.05) is 32.8 Å². The number of hydrogen-bond acceptors (Lipinski definition) is 5. The van der Waals surface area contributed by atoms with Crippen LogP contribution in [0.3, 0.4) is 0 Å². The van der Waals surface area contributed by atoms with Gasteiger partial charge in [-0.1, -0.05) is 11.3 Å². The van der Waals surface area contributed by atoms with E-state index in [-0.39, 0.29) is 11.9 Å².